The molecule has 126 valence electrons. The van der Waals surface area contributed by atoms with E-state index < -0.39 is 5.91 Å². The van der Waals surface area contributed by atoms with Crippen LogP contribution < -0.4 is 11.1 Å². The fourth-order valence-corrected chi connectivity index (χ4v) is 3.52. The zero-order valence-electron chi connectivity index (χ0n) is 12.8. The Morgan fingerprint density at radius 1 is 1.33 bits per heavy atom. The Morgan fingerprint density at radius 3 is 2.67 bits per heavy atom. The Kier molecular flexibility index (Phi) is 4.92. The van der Waals surface area contributed by atoms with E-state index in [9.17, 15) is 14.0 Å². The first kappa shape index (κ1) is 16.6. The number of benzene rings is 1. The third kappa shape index (κ3) is 3.63. The van der Waals surface area contributed by atoms with E-state index >= 15 is 0 Å². The minimum atomic E-state index is -0.570. The molecule has 1 saturated heterocycles. The van der Waals surface area contributed by atoms with E-state index in [4.69, 9.17) is 10.5 Å². The first-order chi connectivity index (χ1) is 11.5. The number of carbonyl (C=O) groups excluding carboxylic acids is 2. The predicted molar refractivity (Wildman–Crippen MR) is 88.4 cm³/mol. The van der Waals surface area contributed by atoms with Crippen molar-refractivity contribution in [3.05, 3.63) is 57.5 Å². The van der Waals surface area contributed by atoms with Gasteiger partial charge >= 0.3 is 0 Å². The predicted octanol–water partition coefficient (Wildman–Crippen LogP) is 2.64. The molecule has 1 fully saturated rings. The van der Waals surface area contributed by atoms with E-state index in [0.29, 0.717) is 17.0 Å². The summed E-state index contributed by atoms with van der Waals surface area (Å²) in [6.07, 6.45) is 1.58. The Hall–Kier alpha value is -2.25. The van der Waals surface area contributed by atoms with Gasteiger partial charge in [-0.15, -0.1) is 11.3 Å². The zero-order chi connectivity index (χ0) is 17.1. The standard InChI is InChI=1S/C17H17FN2O3S/c18-12-5-3-10(4-6-12)15(13-2-1-7-23-13)20-17(22)14-8-11(9-24-14)16(19)21/h3-6,8-9,13,15H,1-2,7H2,(H2,19,21)(H,20,22)/t13-,15-/m1/s1. The number of halogens is 1. The first-order valence-corrected chi connectivity index (χ1v) is 8.49. The van der Waals surface area contributed by atoms with Gasteiger partial charge in [-0.25, -0.2) is 4.39 Å². The molecule has 3 rings (SSSR count). The summed E-state index contributed by atoms with van der Waals surface area (Å²) in [5.41, 5.74) is 6.30. The lowest BCUT2D eigenvalue weighted by atomic mass is 9.99. The molecule has 2 atom stereocenters. The maximum absolute atomic E-state index is 13.2. The summed E-state index contributed by atoms with van der Waals surface area (Å²) in [7, 11) is 0. The summed E-state index contributed by atoms with van der Waals surface area (Å²) in [6.45, 7) is 0.642. The van der Waals surface area contributed by atoms with Gasteiger partial charge in [0.1, 0.15) is 5.82 Å². The number of rotatable bonds is 5. The van der Waals surface area contributed by atoms with Crippen molar-refractivity contribution in [1.82, 2.24) is 5.32 Å². The van der Waals surface area contributed by atoms with Crippen molar-refractivity contribution in [2.75, 3.05) is 6.61 Å². The highest BCUT2D eigenvalue weighted by atomic mass is 32.1. The van der Waals surface area contributed by atoms with Gasteiger partial charge in [-0.1, -0.05) is 12.1 Å². The van der Waals surface area contributed by atoms with Gasteiger partial charge in [0, 0.05) is 12.0 Å². The molecule has 5 nitrogen and oxygen atoms in total. The summed E-state index contributed by atoms with van der Waals surface area (Å²) in [5, 5.41) is 4.49. The van der Waals surface area contributed by atoms with E-state index in [1.165, 1.54) is 18.2 Å². The van der Waals surface area contributed by atoms with E-state index in [0.717, 1.165) is 29.7 Å². The van der Waals surface area contributed by atoms with Crippen LogP contribution in [0.25, 0.3) is 0 Å². The molecule has 0 radical (unpaired) electrons. The molecule has 2 amide bonds. The molecule has 0 saturated carbocycles. The van der Waals surface area contributed by atoms with Gasteiger partial charge in [-0.05, 0) is 36.6 Å². The average Bonchev–Trinajstić information content (AvgIpc) is 3.25. The molecule has 1 aromatic heterocycles. The van der Waals surface area contributed by atoms with Crippen molar-refractivity contribution < 1.29 is 18.7 Å². The molecular weight excluding hydrogens is 331 g/mol. The number of ether oxygens (including phenoxy) is 1. The number of nitrogens with two attached hydrogens (primary N) is 1. The third-order valence-corrected chi connectivity index (χ3v) is 4.89. The second kappa shape index (κ2) is 7.11. The molecule has 0 bridgehead atoms. The van der Waals surface area contributed by atoms with Crippen molar-refractivity contribution in [3.8, 4) is 0 Å². The van der Waals surface area contributed by atoms with Gasteiger partial charge in [0.2, 0.25) is 5.91 Å². The fourth-order valence-electron chi connectivity index (χ4n) is 2.72. The van der Waals surface area contributed by atoms with Crippen LogP contribution in [-0.4, -0.2) is 24.5 Å². The summed E-state index contributed by atoms with van der Waals surface area (Å²) in [6, 6.07) is 7.11. The van der Waals surface area contributed by atoms with Crippen molar-refractivity contribution in [2.45, 2.75) is 25.0 Å². The summed E-state index contributed by atoms with van der Waals surface area (Å²) < 4.78 is 18.9. The SMILES string of the molecule is NC(=O)c1csc(C(=O)N[C@H](c2ccc(F)cc2)[C@H]2CCCO2)c1. The van der Waals surface area contributed by atoms with Crippen molar-refractivity contribution in [3.63, 3.8) is 0 Å². The van der Waals surface area contributed by atoms with Crippen LogP contribution in [0.3, 0.4) is 0 Å². The highest BCUT2D eigenvalue weighted by Gasteiger charge is 2.29. The van der Waals surface area contributed by atoms with Crippen LogP contribution in [0.15, 0.2) is 35.7 Å². The number of carbonyl (C=O) groups is 2. The number of nitrogens with one attached hydrogen (secondary N) is 1. The van der Waals surface area contributed by atoms with Gasteiger partial charge in [0.15, 0.2) is 0 Å². The monoisotopic (exact) mass is 348 g/mol. The number of amides is 2. The van der Waals surface area contributed by atoms with E-state index in [1.54, 1.807) is 17.5 Å². The van der Waals surface area contributed by atoms with Gasteiger partial charge in [0.05, 0.1) is 22.6 Å². The van der Waals surface area contributed by atoms with E-state index in [1.807, 2.05) is 0 Å². The lowest BCUT2D eigenvalue weighted by Gasteiger charge is -2.24. The van der Waals surface area contributed by atoms with Gasteiger partial charge in [-0.3, -0.25) is 9.59 Å². The quantitative estimate of drug-likeness (QED) is 0.871. The van der Waals surface area contributed by atoms with Crippen molar-refractivity contribution in [2.24, 2.45) is 5.73 Å². The highest BCUT2D eigenvalue weighted by molar-refractivity contribution is 7.12. The zero-order valence-corrected chi connectivity index (χ0v) is 13.6. The maximum atomic E-state index is 13.2. The number of thiophene rings is 1. The van der Waals surface area contributed by atoms with Crippen LogP contribution in [0.1, 0.15) is 44.5 Å². The summed E-state index contributed by atoms with van der Waals surface area (Å²) in [5.74, 6) is -1.21. The van der Waals surface area contributed by atoms with E-state index in [-0.39, 0.29) is 23.9 Å². The summed E-state index contributed by atoms with van der Waals surface area (Å²) in [4.78, 5) is 24.1. The van der Waals surface area contributed by atoms with Crippen LogP contribution in [0.4, 0.5) is 4.39 Å². The number of hydrogen-bond donors (Lipinski definition) is 2. The Bertz CT molecular complexity index is 739. The topological polar surface area (TPSA) is 81.4 Å². The Morgan fingerprint density at radius 2 is 2.08 bits per heavy atom. The number of hydrogen-bond acceptors (Lipinski definition) is 4. The molecule has 1 aliphatic rings. The highest BCUT2D eigenvalue weighted by Crippen LogP contribution is 2.28. The molecule has 1 aliphatic heterocycles. The Labute approximate surface area is 142 Å². The molecule has 2 heterocycles. The second-order valence-electron chi connectivity index (χ2n) is 5.62. The van der Waals surface area contributed by atoms with Crippen LogP contribution >= 0.6 is 11.3 Å². The largest absolute Gasteiger partial charge is 0.376 e. The van der Waals surface area contributed by atoms with E-state index in [2.05, 4.69) is 5.32 Å². The van der Waals surface area contributed by atoms with Gasteiger partial charge in [-0.2, -0.15) is 0 Å². The first-order valence-electron chi connectivity index (χ1n) is 7.61. The smallest absolute Gasteiger partial charge is 0.261 e. The fraction of sp³-hybridized carbons (Fsp3) is 0.294. The second-order valence-corrected chi connectivity index (χ2v) is 6.53. The molecule has 2 aromatic rings. The molecule has 1 aromatic carbocycles. The molecule has 0 spiro atoms. The number of primary amides is 1. The molecule has 3 N–H and O–H groups in total. The molecule has 0 unspecified atom stereocenters. The molecule has 7 heteroatoms. The van der Waals surface area contributed by atoms with Crippen molar-refractivity contribution in [1.29, 1.82) is 0 Å². The average molecular weight is 348 g/mol. The normalized spacial score (nSPS) is 18.3. The van der Waals surface area contributed by atoms with Crippen LogP contribution in [0, 0.1) is 5.82 Å². The van der Waals surface area contributed by atoms with Gasteiger partial charge in [0.25, 0.3) is 5.91 Å². The molecule has 24 heavy (non-hydrogen) atoms. The third-order valence-electron chi connectivity index (χ3n) is 3.96. The lowest BCUT2D eigenvalue weighted by molar-refractivity contribution is 0.0674. The minimum Gasteiger partial charge on any atom is -0.376 e. The molecular formula is C17H17FN2O3S. The van der Waals surface area contributed by atoms with Gasteiger partial charge < -0.3 is 15.8 Å². The minimum absolute atomic E-state index is 0.157. The van der Waals surface area contributed by atoms with Crippen molar-refractivity contribution >= 4 is 23.2 Å². The van der Waals surface area contributed by atoms with Crippen LogP contribution in [0.5, 0.6) is 0 Å². The summed E-state index contributed by atoms with van der Waals surface area (Å²) >= 11 is 1.15. The maximum Gasteiger partial charge on any atom is 0.261 e. The Balaban J connectivity index is 1.81. The molecule has 0 aliphatic carbocycles. The lowest BCUT2D eigenvalue weighted by Crippen LogP contribution is -2.35. The van der Waals surface area contributed by atoms with Crippen LogP contribution in [-0.2, 0) is 4.74 Å². The van der Waals surface area contributed by atoms with Crippen LogP contribution in [0.2, 0.25) is 0 Å².